The lowest BCUT2D eigenvalue weighted by Crippen LogP contribution is -2.00. The lowest BCUT2D eigenvalue weighted by atomic mass is 9.98. The summed E-state index contributed by atoms with van der Waals surface area (Å²) in [6.07, 6.45) is 1.80. The Morgan fingerprint density at radius 2 is 1.10 bits per heavy atom. The van der Waals surface area contributed by atoms with Gasteiger partial charge in [0.2, 0.25) is 0 Å². The van der Waals surface area contributed by atoms with E-state index in [2.05, 4.69) is 91.6 Å². The zero-order valence-corrected chi connectivity index (χ0v) is 31.6. The minimum absolute atomic E-state index is 0.419. The lowest BCUT2D eigenvalue weighted by Gasteiger charge is -2.16. The standard InChI is InChI=1S/C52H26N8/c1-56-37-15-17-39(36(25-37)31-55)34-13-20-51-44(26-34)42-8-4-6-10-49(42)60(51)52-18-12-32(29-53)23-45(52)47-28-38(21-22-58-47)59-48-9-5-3-7-41(48)43-27-35(14-19-50(43)59)40-16-11-33(30-54)24-46(40)57-2/h3-28H. The zero-order valence-electron chi connectivity index (χ0n) is 31.6. The number of nitrogens with zero attached hydrogens (tertiary/aromatic N) is 8. The third-order valence-electron chi connectivity index (χ3n) is 11.1. The van der Waals surface area contributed by atoms with Crippen LogP contribution in [0.1, 0.15) is 16.7 Å². The van der Waals surface area contributed by atoms with Crippen LogP contribution in [0.3, 0.4) is 0 Å². The molecule has 274 valence electrons. The summed E-state index contributed by atoms with van der Waals surface area (Å²) >= 11 is 0. The number of aromatic nitrogens is 3. The van der Waals surface area contributed by atoms with E-state index in [1.165, 1.54) is 0 Å². The third-order valence-corrected chi connectivity index (χ3v) is 11.1. The summed E-state index contributed by atoms with van der Waals surface area (Å²) in [5.74, 6) is 0. The number of nitriles is 3. The predicted octanol–water partition coefficient (Wildman–Crippen LogP) is 13.0. The summed E-state index contributed by atoms with van der Waals surface area (Å²) in [4.78, 5) is 12.2. The summed E-state index contributed by atoms with van der Waals surface area (Å²) in [6, 6.07) is 55.6. The summed E-state index contributed by atoms with van der Waals surface area (Å²) in [7, 11) is 0. The molecule has 0 amide bonds. The molecule has 8 heteroatoms. The SMILES string of the molecule is [C-]#[N+]c1ccc(-c2ccc3c(c2)c2ccccc2n3-c2ccc(C#N)cc2-c2cc(-n3c4ccccc4c4cc(-c5ccc(C#N)cc5[N+]#[C-])ccc43)ccn2)c(C#N)c1. The number of pyridine rings is 1. The first-order chi connectivity index (χ1) is 29.5. The first kappa shape index (κ1) is 35.2. The Balaban J connectivity index is 1.15. The van der Waals surface area contributed by atoms with Crippen LogP contribution in [0.4, 0.5) is 11.4 Å². The van der Waals surface area contributed by atoms with Crippen molar-refractivity contribution in [3.8, 4) is 63.1 Å². The number of benzene rings is 7. The average Bonchev–Trinajstić information content (AvgIpc) is 3.83. The van der Waals surface area contributed by atoms with E-state index in [0.29, 0.717) is 33.8 Å². The molecule has 3 aromatic heterocycles. The molecule has 0 spiro atoms. The van der Waals surface area contributed by atoms with Crippen molar-refractivity contribution in [2.75, 3.05) is 0 Å². The van der Waals surface area contributed by atoms with Crippen molar-refractivity contribution in [3.63, 3.8) is 0 Å². The van der Waals surface area contributed by atoms with E-state index in [4.69, 9.17) is 18.1 Å². The molecule has 0 aliphatic heterocycles. The van der Waals surface area contributed by atoms with E-state index in [9.17, 15) is 15.8 Å². The van der Waals surface area contributed by atoms with Gasteiger partial charge in [-0.25, -0.2) is 9.69 Å². The van der Waals surface area contributed by atoms with Crippen LogP contribution >= 0.6 is 0 Å². The molecule has 0 saturated heterocycles. The molecule has 10 rings (SSSR count). The van der Waals surface area contributed by atoms with Crippen molar-refractivity contribution < 1.29 is 0 Å². The second-order valence-corrected chi connectivity index (χ2v) is 14.3. The van der Waals surface area contributed by atoms with Crippen molar-refractivity contribution in [2.24, 2.45) is 0 Å². The Bertz CT molecular complexity index is 3680. The van der Waals surface area contributed by atoms with Crippen LogP contribution in [0.15, 0.2) is 158 Å². The minimum atomic E-state index is 0.419. The maximum absolute atomic E-state index is 10.1. The Hall–Kier alpha value is -9.26. The topological polar surface area (TPSA) is 103 Å². The molecule has 7 aromatic carbocycles. The molecule has 0 saturated carbocycles. The Morgan fingerprint density at radius 1 is 0.483 bits per heavy atom. The highest BCUT2D eigenvalue weighted by Gasteiger charge is 2.20. The number of hydrogen-bond donors (Lipinski definition) is 0. The molecule has 0 aliphatic carbocycles. The maximum Gasteiger partial charge on any atom is 0.196 e. The molecule has 8 nitrogen and oxygen atoms in total. The minimum Gasteiger partial charge on any atom is -0.309 e. The van der Waals surface area contributed by atoms with Crippen molar-refractivity contribution in [1.29, 1.82) is 15.8 Å². The van der Waals surface area contributed by atoms with E-state index < -0.39 is 0 Å². The van der Waals surface area contributed by atoms with E-state index in [1.54, 1.807) is 30.5 Å². The number of rotatable bonds is 5. The van der Waals surface area contributed by atoms with Gasteiger partial charge in [0.05, 0.1) is 70.4 Å². The van der Waals surface area contributed by atoms with Gasteiger partial charge in [0.25, 0.3) is 0 Å². The van der Waals surface area contributed by atoms with Gasteiger partial charge in [0.1, 0.15) is 0 Å². The van der Waals surface area contributed by atoms with E-state index >= 15 is 0 Å². The fourth-order valence-corrected chi connectivity index (χ4v) is 8.41. The second-order valence-electron chi connectivity index (χ2n) is 14.3. The molecule has 60 heavy (non-hydrogen) atoms. The Kier molecular flexibility index (Phi) is 8.23. The molecule has 0 N–H and O–H groups in total. The highest BCUT2D eigenvalue weighted by atomic mass is 15.0. The van der Waals surface area contributed by atoms with Gasteiger partial charge in [-0.2, -0.15) is 15.8 Å². The normalized spacial score (nSPS) is 10.9. The van der Waals surface area contributed by atoms with Crippen LogP contribution in [0, 0.1) is 47.1 Å². The monoisotopic (exact) mass is 762 g/mol. The van der Waals surface area contributed by atoms with Gasteiger partial charge in [-0.15, -0.1) is 0 Å². The summed E-state index contributed by atoms with van der Waals surface area (Å²) in [5, 5.41) is 33.6. The van der Waals surface area contributed by atoms with Crippen LogP contribution in [0.25, 0.3) is 98.2 Å². The van der Waals surface area contributed by atoms with Crippen LogP contribution in [-0.2, 0) is 0 Å². The smallest absolute Gasteiger partial charge is 0.196 e. The highest BCUT2D eigenvalue weighted by Crippen LogP contribution is 2.41. The van der Waals surface area contributed by atoms with Gasteiger partial charge < -0.3 is 9.13 Å². The van der Waals surface area contributed by atoms with E-state index in [1.807, 2.05) is 72.8 Å². The second kappa shape index (κ2) is 14.0. The third kappa shape index (κ3) is 5.53. The fraction of sp³-hybridized carbons (Fsp3) is 0. The zero-order chi connectivity index (χ0) is 40.9. The van der Waals surface area contributed by atoms with Crippen LogP contribution in [0.5, 0.6) is 0 Å². The summed E-state index contributed by atoms with van der Waals surface area (Å²) in [6.45, 7) is 15.2. The van der Waals surface area contributed by atoms with Gasteiger partial charge in [-0.05, 0) is 107 Å². The van der Waals surface area contributed by atoms with Gasteiger partial charge in [-0.1, -0.05) is 66.7 Å². The van der Waals surface area contributed by atoms with Crippen LogP contribution in [-0.4, -0.2) is 14.1 Å². The number of fused-ring (bicyclic) bond motifs is 6. The molecule has 0 atom stereocenters. The van der Waals surface area contributed by atoms with Crippen LogP contribution in [0.2, 0.25) is 0 Å². The highest BCUT2D eigenvalue weighted by molar-refractivity contribution is 6.12. The number of hydrogen-bond acceptors (Lipinski definition) is 4. The van der Waals surface area contributed by atoms with Crippen molar-refractivity contribution >= 4 is 55.0 Å². The quantitative estimate of drug-likeness (QED) is 0.163. The molecule has 3 heterocycles. The first-order valence-electron chi connectivity index (χ1n) is 18.9. The van der Waals surface area contributed by atoms with E-state index in [0.717, 1.165) is 82.8 Å². The van der Waals surface area contributed by atoms with Crippen molar-refractivity contribution in [1.82, 2.24) is 14.1 Å². The Labute approximate surface area is 344 Å². The maximum atomic E-state index is 10.1. The van der Waals surface area contributed by atoms with Gasteiger partial charge in [0, 0.05) is 50.1 Å². The van der Waals surface area contributed by atoms with Crippen molar-refractivity contribution in [2.45, 2.75) is 0 Å². The molecule has 0 radical (unpaired) electrons. The lowest BCUT2D eigenvalue weighted by molar-refractivity contribution is 1.14. The first-order valence-corrected chi connectivity index (χ1v) is 18.9. The van der Waals surface area contributed by atoms with Crippen LogP contribution < -0.4 is 0 Å². The van der Waals surface area contributed by atoms with Gasteiger partial charge in [-0.3, -0.25) is 4.98 Å². The molecular weight excluding hydrogens is 737 g/mol. The largest absolute Gasteiger partial charge is 0.309 e. The molecule has 10 aromatic rings. The molecule has 0 bridgehead atoms. The molecular formula is C52H26N8. The number of para-hydroxylation sites is 2. The molecule has 0 fully saturated rings. The average molecular weight is 763 g/mol. The van der Waals surface area contributed by atoms with E-state index in [-0.39, 0.29) is 0 Å². The van der Waals surface area contributed by atoms with Crippen molar-refractivity contribution in [3.05, 3.63) is 197 Å². The molecule has 0 aliphatic rings. The summed E-state index contributed by atoms with van der Waals surface area (Å²) < 4.78 is 4.42. The predicted molar refractivity (Wildman–Crippen MR) is 236 cm³/mol. The fourth-order valence-electron chi connectivity index (χ4n) is 8.41. The van der Waals surface area contributed by atoms with Gasteiger partial charge >= 0.3 is 0 Å². The van der Waals surface area contributed by atoms with Gasteiger partial charge in [0.15, 0.2) is 11.4 Å². The Morgan fingerprint density at radius 3 is 1.78 bits per heavy atom. The molecule has 0 unspecified atom stereocenters. The summed E-state index contributed by atoms with van der Waals surface area (Å²) in [5.41, 5.74) is 12.6.